The van der Waals surface area contributed by atoms with Gasteiger partial charge in [-0.25, -0.2) is 4.79 Å². The van der Waals surface area contributed by atoms with Crippen LogP contribution in [0.25, 0.3) is 11.0 Å². The third-order valence-electron chi connectivity index (χ3n) is 3.28. The first-order valence-electron chi connectivity index (χ1n) is 5.89. The minimum absolute atomic E-state index is 0.0601. The molecular formula is C12H14ClN3O. The molecule has 2 N–H and O–H groups in total. The fourth-order valence-electron chi connectivity index (χ4n) is 2.49. The summed E-state index contributed by atoms with van der Waals surface area (Å²) in [6.07, 6.45) is 3.34. The smallest absolute Gasteiger partial charge is 0.305 e. The Morgan fingerprint density at radius 2 is 2.24 bits per heavy atom. The highest BCUT2D eigenvalue weighted by Crippen LogP contribution is 2.25. The van der Waals surface area contributed by atoms with Crippen molar-refractivity contribution in [3.05, 3.63) is 33.7 Å². The Morgan fingerprint density at radius 3 is 3.00 bits per heavy atom. The SMILES string of the molecule is O=c1[nH]c2cccc(Cl)c2n1C1CCCCN1. The first-order valence-corrected chi connectivity index (χ1v) is 6.27. The number of hydrogen-bond acceptors (Lipinski definition) is 2. The Hall–Kier alpha value is -1.26. The third kappa shape index (κ3) is 1.77. The number of halogens is 1. The molecule has 1 atom stereocenters. The van der Waals surface area contributed by atoms with Gasteiger partial charge in [0.2, 0.25) is 0 Å². The van der Waals surface area contributed by atoms with Gasteiger partial charge in [0.05, 0.1) is 22.2 Å². The van der Waals surface area contributed by atoms with E-state index in [1.54, 1.807) is 4.57 Å². The molecule has 0 spiro atoms. The van der Waals surface area contributed by atoms with E-state index in [0.29, 0.717) is 5.02 Å². The van der Waals surface area contributed by atoms with Gasteiger partial charge in [-0.3, -0.25) is 9.88 Å². The number of nitrogens with zero attached hydrogens (tertiary/aromatic N) is 1. The van der Waals surface area contributed by atoms with Crippen molar-refractivity contribution in [3.63, 3.8) is 0 Å². The molecule has 0 saturated carbocycles. The van der Waals surface area contributed by atoms with E-state index in [4.69, 9.17) is 11.6 Å². The lowest BCUT2D eigenvalue weighted by atomic mass is 10.1. The zero-order valence-corrected chi connectivity index (χ0v) is 10.1. The maximum atomic E-state index is 12.0. The molecule has 1 saturated heterocycles. The molecule has 0 bridgehead atoms. The predicted octanol–water partition coefficient (Wildman–Crippen LogP) is 2.26. The van der Waals surface area contributed by atoms with Gasteiger partial charge in [0.25, 0.3) is 0 Å². The van der Waals surface area contributed by atoms with Gasteiger partial charge in [-0.2, -0.15) is 0 Å². The second-order valence-corrected chi connectivity index (χ2v) is 4.81. The predicted molar refractivity (Wildman–Crippen MR) is 68.5 cm³/mol. The molecule has 1 aromatic heterocycles. The summed E-state index contributed by atoms with van der Waals surface area (Å²) in [6.45, 7) is 0.953. The second-order valence-electron chi connectivity index (χ2n) is 4.40. The molecule has 17 heavy (non-hydrogen) atoms. The van der Waals surface area contributed by atoms with Gasteiger partial charge in [0.15, 0.2) is 0 Å². The molecule has 2 aromatic rings. The van der Waals surface area contributed by atoms with Crippen LogP contribution in [0.4, 0.5) is 0 Å². The Labute approximate surface area is 104 Å². The van der Waals surface area contributed by atoms with E-state index in [1.807, 2.05) is 18.2 Å². The molecule has 0 amide bonds. The number of fused-ring (bicyclic) bond motifs is 1. The van der Waals surface area contributed by atoms with Crippen molar-refractivity contribution in [1.29, 1.82) is 0 Å². The highest BCUT2D eigenvalue weighted by Gasteiger charge is 2.20. The molecular weight excluding hydrogens is 238 g/mol. The largest absolute Gasteiger partial charge is 0.327 e. The number of piperidine rings is 1. The number of para-hydroxylation sites is 1. The number of H-pyrrole nitrogens is 1. The summed E-state index contributed by atoms with van der Waals surface area (Å²) in [6, 6.07) is 5.54. The van der Waals surface area contributed by atoms with Gasteiger partial charge in [0.1, 0.15) is 0 Å². The molecule has 1 unspecified atom stereocenters. The Balaban J connectivity index is 2.20. The standard InChI is InChI=1S/C12H14ClN3O/c13-8-4-3-5-9-11(8)16(12(17)15-9)10-6-1-2-7-14-10/h3-5,10,14H,1-2,6-7H2,(H,15,17). The summed E-state index contributed by atoms with van der Waals surface area (Å²) in [4.78, 5) is 14.8. The maximum absolute atomic E-state index is 12.0. The summed E-state index contributed by atoms with van der Waals surface area (Å²) in [5.74, 6) is 0. The summed E-state index contributed by atoms with van der Waals surface area (Å²) in [5.41, 5.74) is 1.51. The minimum atomic E-state index is -0.0903. The molecule has 1 fully saturated rings. The average Bonchev–Trinajstić information content (AvgIpc) is 2.68. The van der Waals surface area contributed by atoms with Crippen LogP contribution in [0.3, 0.4) is 0 Å². The average molecular weight is 252 g/mol. The van der Waals surface area contributed by atoms with Crippen molar-refractivity contribution in [2.45, 2.75) is 25.4 Å². The number of hydrogen-bond donors (Lipinski definition) is 2. The summed E-state index contributed by atoms with van der Waals surface area (Å²) < 4.78 is 1.75. The first-order chi connectivity index (χ1) is 8.27. The molecule has 1 aliphatic rings. The fourth-order valence-corrected chi connectivity index (χ4v) is 2.75. The summed E-state index contributed by atoms with van der Waals surface area (Å²) in [5, 5.41) is 3.98. The molecule has 4 nitrogen and oxygen atoms in total. The summed E-state index contributed by atoms with van der Waals surface area (Å²) in [7, 11) is 0. The van der Waals surface area contributed by atoms with Crippen molar-refractivity contribution in [3.8, 4) is 0 Å². The summed E-state index contributed by atoms with van der Waals surface area (Å²) >= 11 is 6.19. The van der Waals surface area contributed by atoms with Gasteiger partial charge in [-0.05, 0) is 37.9 Å². The third-order valence-corrected chi connectivity index (χ3v) is 3.59. The number of imidazole rings is 1. The number of aromatic nitrogens is 2. The Morgan fingerprint density at radius 1 is 1.35 bits per heavy atom. The van der Waals surface area contributed by atoms with Crippen molar-refractivity contribution < 1.29 is 0 Å². The normalized spacial score (nSPS) is 20.9. The number of benzene rings is 1. The van der Waals surface area contributed by atoms with Crippen molar-refractivity contribution >= 4 is 22.6 Å². The van der Waals surface area contributed by atoms with Gasteiger partial charge in [0, 0.05) is 0 Å². The van der Waals surface area contributed by atoms with Crippen LogP contribution in [0.2, 0.25) is 5.02 Å². The van der Waals surface area contributed by atoms with E-state index >= 15 is 0 Å². The lowest BCUT2D eigenvalue weighted by molar-refractivity contribution is 0.321. The first kappa shape index (κ1) is 10.9. The number of rotatable bonds is 1. The topological polar surface area (TPSA) is 49.8 Å². The van der Waals surface area contributed by atoms with Crippen LogP contribution >= 0.6 is 11.6 Å². The monoisotopic (exact) mass is 251 g/mol. The van der Waals surface area contributed by atoms with Crippen LogP contribution < -0.4 is 11.0 Å². The molecule has 1 aliphatic heterocycles. The zero-order chi connectivity index (χ0) is 11.8. The van der Waals surface area contributed by atoms with E-state index in [2.05, 4.69) is 10.3 Å². The maximum Gasteiger partial charge on any atom is 0.327 e. The molecule has 90 valence electrons. The molecule has 0 radical (unpaired) electrons. The van der Waals surface area contributed by atoms with E-state index < -0.39 is 0 Å². The van der Waals surface area contributed by atoms with Crippen molar-refractivity contribution in [1.82, 2.24) is 14.9 Å². The highest BCUT2D eigenvalue weighted by molar-refractivity contribution is 6.34. The van der Waals surface area contributed by atoms with Crippen LogP contribution in [0.5, 0.6) is 0 Å². The van der Waals surface area contributed by atoms with E-state index in [9.17, 15) is 4.79 Å². The number of nitrogens with one attached hydrogen (secondary N) is 2. The molecule has 0 aliphatic carbocycles. The van der Waals surface area contributed by atoms with E-state index in [1.165, 1.54) is 6.42 Å². The van der Waals surface area contributed by atoms with Gasteiger partial charge < -0.3 is 4.98 Å². The second kappa shape index (κ2) is 4.20. The van der Waals surface area contributed by atoms with Gasteiger partial charge >= 0.3 is 5.69 Å². The molecule has 3 rings (SSSR count). The Bertz CT molecular complexity index is 595. The van der Waals surface area contributed by atoms with Crippen molar-refractivity contribution in [2.75, 3.05) is 6.54 Å². The minimum Gasteiger partial charge on any atom is -0.305 e. The fraction of sp³-hybridized carbons (Fsp3) is 0.417. The highest BCUT2D eigenvalue weighted by atomic mass is 35.5. The number of aromatic amines is 1. The molecule has 1 aromatic carbocycles. The van der Waals surface area contributed by atoms with Crippen molar-refractivity contribution in [2.24, 2.45) is 0 Å². The van der Waals surface area contributed by atoms with Crippen LogP contribution in [-0.2, 0) is 0 Å². The van der Waals surface area contributed by atoms with Crippen LogP contribution in [0, 0.1) is 0 Å². The van der Waals surface area contributed by atoms with Crippen LogP contribution in [0.1, 0.15) is 25.4 Å². The lowest BCUT2D eigenvalue weighted by Gasteiger charge is -2.24. The van der Waals surface area contributed by atoms with Crippen LogP contribution in [-0.4, -0.2) is 16.1 Å². The molecule has 5 heteroatoms. The van der Waals surface area contributed by atoms with Gasteiger partial charge in [-0.1, -0.05) is 17.7 Å². The quantitative estimate of drug-likeness (QED) is 0.817. The lowest BCUT2D eigenvalue weighted by Crippen LogP contribution is -2.36. The zero-order valence-electron chi connectivity index (χ0n) is 9.37. The van der Waals surface area contributed by atoms with Crippen LogP contribution in [0.15, 0.2) is 23.0 Å². The Kier molecular flexibility index (Phi) is 2.68. The van der Waals surface area contributed by atoms with E-state index in [0.717, 1.165) is 30.4 Å². The van der Waals surface area contributed by atoms with E-state index in [-0.39, 0.29) is 11.9 Å². The van der Waals surface area contributed by atoms with Gasteiger partial charge in [-0.15, -0.1) is 0 Å². The molecule has 2 heterocycles.